The van der Waals surface area contributed by atoms with Crippen molar-refractivity contribution in [3.05, 3.63) is 23.8 Å². The predicted octanol–water partition coefficient (Wildman–Crippen LogP) is 2.08. The number of likely N-dealkylation sites (N-methyl/N-ethyl adjacent to an activating group) is 1. The van der Waals surface area contributed by atoms with Crippen LogP contribution >= 0.6 is 0 Å². The summed E-state index contributed by atoms with van der Waals surface area (Å²) in [6.07, 6.45) is 1.48. The van der Waals surface area contributed by atoms with E-state index < -0.39 is 0 Å². The van der Waals surface area contributed by atoms with Crippen LogP contribution in [0.5, 0.6) is 11.5 Å². The maximum atomic E-state index is 12.5. The third-order valence-corrected chi connectivity index (χ3v) is 5.23. The molecule has 0 radical (unpaired) electrons. The highest BCUT2D eigenvalue weighted by atomic mass is 16.5. The molecule has 6 heteroatoms. The van der Waals surface area contributed by atoms with Crippen LogP contribution in [0.15, 0.2) is 18.2 Å². The molecule has 0 saturated carbocycles. The second kappa shape index (κ2) is 9.78. The minimum atomic E-state index is 0.181. The van der Waals surface area contributed by atoms with Gasteiger partial charge in [-0.25, -0.2) is 0 Å². The number of piperazine rings is 1. The fraction of sp³-hybridized carbons (Fsp3) is 0.650. The highest BCUT2D eigenvalue weighted by Crippen LogP contribution is 2.28. The van der Waals surface area contributed by atoms with E-state index in [1.807, 2.05) is 25.2 Å². The van der Waals surface area contributed by atoms with Crippen LogP contribution in [0.2, 0.25) is 0 Å². The van der Waals surface area contributed by atoms with Crippen LogP contribution in [0, 0.1) is 0 Å². The Balaban J connectivity index is 1.82. The highest BCUT2D eigenvalue weighted by molar-refractivity contribution is 5.75. The summed E-state index contributed by atoms with van der Waals surface area (Å²) in [7, 11) is 7.26. The highest BCUT2D eigenvalue weighted by Gasteiger charge is 2.20. The molecule has 1 aromatic rings. The molecule has 2 rings (SSSR count). The van der Waals surface area contributed by atoms with Gasteiger partial charge in [0.15, 0.2) is 11.5 Å². The number of nitrogens with zero attached hydrogens (tertiary/aromatic N) is 3. The van der Waals surface area contributed by atoms with Crippen molar-refractivity contribution in [3.8, 4) is 11.5 Å². The molecule has 1 unspecified atom stereocenters. The van der Waals surface area contributed by atoms with Crippen LogP contribution in [-0.2, 0) is 11.3 Å². The number of rotatable bonds is 8. The first kappa shape index (κ1) is 20.5. The zero-order chi connectivity index (χ0) is 19.1. The van der Waals surface area contributed by atoms with E-state index in [1.54, 1.807) is 19.1 Å². The summed E-state index contributed by atoms with van der Waals surface area (Å²) in [4.78, 5) is 19.1. The Morgan fingerprint density at radius 2 is 1.81 bits per heavy atom. The topological polar surface area (TPSA) is 45.2 Å². The predicted molar refractivity (Wildman–Crippen MR) is 104 cm³/mol. The zero-order valence-corrected chi connectivity index (χ0v) is 16.8. The number of carbonyl (C=O) groups is 1. The van der Waals surface area contributed by atoms with Crippen molar-refractivity contribution in [1.29, 1.82) is 0 Å². The fourth-order valence-electron chi connectivity index (χ4n) is 3.31. The Morgan fingerprint density at radius 1 is 1.15 bits per heavy atom. The van der Waals surface area contributed by atoms with Crippen molar-refractivity contribution in [3.63, 3.8) is 0 Å². The van der Waals surface area contributed by atoms with E-state index >= 15 is 0 Å². The van der Waals surface area contributed by atoms with Gasteiger partial charge in [0.05, 0.1) is 14.2 Å². The summed E-state index contributed by atoms with van der Waals surface area (Å²) < 4.78 is 10.6. The summed E-state index contributed by atoms with van der Waals surface area (Å²) in [5.74, 6) is 1.57. The van der Waals surface area contributed by atoms with Crippen LogP contribution in [-0.4, -0.2) is 81.1 Å². The first-order valence-corrected chi connectivity index (χ1v) is 9.32. The Labute approximate surface area is 157 Å². The third kappa shape index (κ3) is 5.61. The molecule has 1 amide bonds. The fourth-order valence-corrected chi connectivity index (χ4v) is 3.31. The Bertz CT molecular complexity index is 586. The van der Waals surface area contributed by atoms with Gasteiger partial charge in [-0.3, -0.25) is 9.69 Å². The zero-order valence-electron chi connectivity index (χ0n) is 16.8. The van der Waals surface area contributed by atoms with E-state index in [9.17, 15) is 4.79 Å². The van der Waals surface area contributed by atoms with Gasteiger partial charge in [0.25, 0.3) is 0 Å². The van der Waals surface area contributed by atoms with E-state index in [0.29, 0.717) is 30.5 Å². The van der Waals surface area contributed by atoms with Crippen LogP contribution in [0.25, 0.3) is 0 Å². The van der Waals surface area contributed by atoms with Crippen LogP contribution < -0.4 is 9.47 Å². The van der Waals surface area contributed by atoms with Crippen molar-refractivity contribution < 1.29 is 14.3 Å². The van der Waals surface area contributed by atoms with Gasteiger partial charge in [-0.05, 0) is 38.1 Å². The number of amides is 1. The summed E-state index contributed by atoms with van der Waals surface area (Å²) in [5, 5.41) is 0. The number of ether oxygens (including phenoxy) is 2. The molecule has 1 aliphatic heterocycles. The Kier molecular flexibility index (Phi) is 7.72. The smallest absolute Gasteiger partial charge is 0.222 e. The van der Waals surface area contributed by atoms with Gasteiger partial charge >= 0.3 is 0 Å². The molecule has 1 saturated heterocycles. The molecule has 1 aromatic carbocycles. The molecular weight excluding hydrogens is 330 g/mol. The molecule has 0 bridgehead atoms. The van der Waals surface area contributed by atoms with Gasteiger partial charge in [0.1, 0.15) is 0 Å². The molecule has 0 aliphatic carbocycles. The lowest BCUT2D eigenvalue weighted by atomic mass is 10.1. The average molecular weight is 364 g/mol. The quantitative estimate of drug-likeness (QED) is 0.708. The summed E-state index contributed by atoms with van der Waals surface area (Å²) in [6.45, 7) is 7.20. The normalized spacial score (nSPS) is 17.0. The molecule has 1 aliphatic rings. The monoisotopic (exact) mass is 363 g/mol. The van der Waals surface area contributed by atoms with Crippen LogP contribution in [0.4, 0.5) is 0 Å². The number of hydrogen-bond acceptors (Lipinski definition) is 5. The van der Waals surface area contributed by atoms with Gasteiger partial charge in [0, 0.05) is 52.2 Å². The molecule has 6 nitrogen and oxygen atoms in total. The molecule has 1 atom stereocenters. The van der Waals surface area contributed by atoms with Gasteiger partial charge in [0.2, 0.25) is 5.91 Å². The van der Waals surface area contributed by atoms with Crippen molar-refractivity contribution in [2.75, 3.05) is 54.5 Å². The maximum absolute atomic E-state index is 12.5. The van der Waals surface area contributed by atoms with E-state index in [-0.39, 0.29) is 5.91 Å². The van der Waals surface area contributed by atoms with Crippen molar-refractivity contribution >= 4 is 5.91 Å². The molecule has 0 aromatic heterocycles. The molecule has 1 fully saturated rings. The van der Waals surface area contributed by atoms with Crippen molar-refractivity contribution in [1.82, 2.24) is 14.7 Å². The lowest BCUT2D eigenvalue weighted by Gasteiger charge is -2.36. The average Bonchev–Trinajstić information content (AvgIpc) is 2.66. The van der Waals surface area contributed by atoms with Crippen molar-refractivity contribution in [2.24, 2.45) is 0 Å². The molecular formula is C20H33N3O3. The third-order valence-electron chi connectivity index (χ3n) is 5.23. The first-order chi connectivity index (χ1) is 12.4. The van der Waals surface area contributed by atoms with Crippen molar-refractivity contribution in [2.45, 2.75) is 32.4 Å². The first-order valence-electron chi connectivity index (χ1n) is 9.32. The van der Waals surface area contributed by atoms with E-state index in [2.05, 4.69) is 23.8 Å². The molecule has 1 heterocycles. The summed E-state index contributed by atoms with van der Waals surface area (Å²) >= 11 is 0. The van der Waals surface area contributed by atoms with E-state index in [4.69, 9.17) is 9.47 Å². The van der Waals surface area contributed by atoms with Gasteiger partial charge in [-0.1, -0.05) is 6.07 Å². The number of carbonyl (C=O) groups excluding carboxylic acids is 1. The molecule has 0 N–H and O–H groups in total. The number of methoxy groups -OCH3 is 2. The minimum Gasteiger partial charge on any atom is -0.493 e. The van der Waals surface area contributed by atoms with E-state index in [0.717, 1.165) is 38.2 Å². The molecule has 0 spiro atoms. The van der Waals surface area contributed by atoms with Gasteiger partial charge < -0.3 is 19.3 Å². The van der Waals surface area contributed by atoms with Gasteiger partial charge in [-0.15, -0.1) is 0 Å². The minimum absolute atomic E-state index is 0.181. The second-order valence-electron chi connectivity index (χ2n) is 7.17. The number of benzene rings is 1. The van der Waals surface area contributed by atoms with Crippen LogP contribution in [0.3, 0.4) is 0 Å². The Morgan fingerprint density at radius 3 is 2.42 bits per heavy atom. The SMILES string of the molecule is COc1ccc(CN(C)C(=O)CCC(C)N2CCN(C)CC2)cc1OC. The summed E-state index contributed by atoms with van der Waals surface area (Å²) in [6, 6.07) is 6.22. The largest absolute Gasteiger partial charge is 0.493 e. The lowest BCUT2D eigenvalue weighted by molar-refractivity contribution is -0.130. The summed E-state index contributed by atoms with van der Waals surface area (Å²) in [5.41, 5.74) is 1.03. The molecule has 26 heavy (non-hydrogen) atoms. The Hall–Kier alpha value is -1.79. The van der Waals surface area contributed by atoms with Crippen LogP contribution in [0.1, 0.15) is 25.3 Å². The maximum Gasteiger partial charge on any atom is 0.222 e. The van der Waals surface area contributed by atoms with Gasteiger partial charge in [-0.2, -0.15) is 0 Å². The second-order valence-corrected chi connectivity index (χ2v) is 7.17. The standard InChI is InChI=1S/C20H33N3O3/c1-16(23-12-10-21(2)11-13-23)6-9-20(24)22(3)15-17-7-8-18(25-4)19(14-17)26-5/h7-8,14,16H,6,9-13,15H2,1-5H3. The number of hydrogen-bond donors (Lipinski definition) is 0. The lowest BCUT2D eigenvalue weighted by Crippen LogP contribution is -2.48. The molecule has 146 valence electrons. The van der Waals surface area contributed by atoms with E-state index in [1.165, 1.54) is 0 Å².